The number of carboxylic acids is 1. The van der Waals surface area contributed by atoms with Crippen molar-refractivity contribution in [1.82, 2.24) is 5.32 Å². The van der Waals surface area contributed by atoms with Gasteiger partial charge in [-0.2, -0.15) is 0 Å². The zero-order valence-electron chi connectivity index (χ0n) is 11.8. The number of hydrogen-bond acceptors (Lipinski definition) is 8. The number of nitrogens with two attached hydrogens (primary N) is 1. The first kappa shape index (κ1) is 20.2. The van der Waals surface area contributed by atoms with Gasteiger partial charge >= 0.3 is 5.97 Å². The molecule has 0 saturated carbocycles. The number of aliphatic carboxylic acids is 1. The molecule has 0 aliphatic rings. The highest BCUT2D eigenvalue weighted by atomic mass is 16.4. The first-order chi connectivity index (χ1) is 9.84. The van der Waals surface area contributed by atoms with Gasteiger partial charge < -0.3 is 41.7 Å². The summed E-state index contributed by atoms with van der Waals surface area (Å²) in [6.45, 7) is -0.593. The molecule has 0 fully saturated rings. The third-order valence-corrected chi connectivity index (χ3v) is 3.14. The van der Waals surface area contributed by atoms with Crippen LogP contribution in [0.3, 0.4) is 0 Å². The summed E-state index contributed by atoms with van der Waals surface area (Å²) in [5.41, 5.74) is 5.31. The summed E-state index contributed by atoms with van der Waals surface area (Å²) in [6.07, 6.45) is -4.92. The number of aliphatic hydroxyl groups is 5. The predicted molar refractivity (Wildman–Crippen MR) is 73.4 cm³/mol. The molecular formula is C12H26N2O7. The topological polar surface area (TPSA) is 176 Å². The van der Waals surface area contributed by atoms with Crippen LogP contribution in [0.15, 0.2) is 0 Å². The van der Waals surface area contributed by atoms with Gasteiger partial charge in [0.2, 0.25) is 0 Å². The molecule has 9 heteroatoms. The maximum Gasteiger partial charge on any atom is 0.320 e. The number of aliphatic hydroxyl groups excluding tert-OH is 5. The Morgan fingerprint density at radius 1 is 1.05 bits per heavy atom. The van der Waals surface area contributed by atoms with Crippen molar-refractivity contribution in [3.63, 3.8) is 0 Å². The van der Waals surface area contributed by atoms with Crippen molar-refractivity contribution < 1.29 is 35.4 Å². The van der Waals surface area contributed by atoms with Crippen molar-refractivity contribution in [1.29, 1.82) is 0 Å². The lowest BCUT2D eigenvalue weighted by atomic mass is 10.0. The Kier molecular flexibility index (Phi) is 10.4. The standard InChI is InChI=1S/C12H26N2O7/c13-4-2-1-3-7(12(20)21)14-5-8(16)10(18)11(19)9(17)6-15/h7-11,14-19H,1-6,13H2,(H,20,21)/t7-,8-,9+,10+,11+/m0/s1. The molecule has 0 amide bonds. The highest BCUT2D eigenvalue weighted by Gasteiger charge is 2.30. The van der Waals surface area contributed by atoms with Crippen LogP contribution >= 0.6 is 0 Å². The normalized spacial score (nSPS) is 18.8. The number of rotatable bonds is 12. The highest BCUT2D eigenvalue weighted by molar-refractivity contribution is 5.73. The van der Waals surface area contributed by atoms with Crippen molar-refractivity contribution in [2.75, 3.05) is 19.7 Å². The van der Waals surface area contributed by atoms with Crippen LogP contribution in [0.4, 0.5) is 0 Å². The van der Waals surface area contributed by atoms with Crippen molar-refractivity contribution in [2.24, 2.45) is 5.73 Å². The Hall–Kier alpha value is -0.810. The Balaban J connectivity index is 4.28. The van der Waals surface area contributed by atoms with E-state index in [0.29, 0.717) is 25.8 Å². The number of carbonyl (C=O) groups is 1. The number of carboxylic acid groups (broad SMARTS) is 1. The maximum atomic E-state index is 11.0. The fourth-order valence-electron chi connectivity index (χ4n) is 1.75. The summed E-state index contributed by atoms with van der Waals surface area (Å²) in [7, 11) is 0. The van der Waals surface area contributed by atoms with Gasteiger partial charge in [-0.15, -0.1) is 0 Å². The van der Waals surface area contributed by atoms with Gasteiger partial charge in [0.25, 0.3) is 0 Å². The van der Waals surface area contributed by atoms with E-state index in [1.165, 1.54) is 0 Å². The van der Waals surface area contributed by atoms with E-state index in [-0.39, 0.29) is 6.54 Å². The van der Waals surface area contributed by atoms with Crippen molar-refractivity contribution in [2.45, 2.75) is 49.7 Å². The second-order valence-electron chi connectivity index (χ2n) is 4.88. The highest BCUT2D eigenvalue weighted by Crippen LogP contribution is 2.06. The molecule has 0 heterocycles. The fraction of sp³-hybridized carbons (Fsp3) is 0.917. The van der Waals surface area contributed by atoms with E-state index >= 15 is 0 Å². The lowest BCUT2D eigenvalue weighted by molar-refractivity contribution is -0.140. The molecule has 126 valence electrons. The number of unbranched alkanes of at least 4 members (excludes halogenated alkanes) is 1. The van der Waals surface area contributed by atoms with Crippen LogP contribution in [0.5, 0.6) is 0 Å². The average molecular weight is 310 g/mol. The number of hydrogen-bond donors (Lipinski definition) is 8. The number of nitrogens with one attached hydrogen (secondary N) is 1. The molecule has 0 aromatic carbocycles. The fourth-order valence-corrected chi connectivity index (χ4v) is 1.75. The molecule has 0 aromatic rings. The largest absolute Gasteiger partial charge is 0.480 e. The van der Waals surface area contributed by atoms with E-state index in [2.05, 4.69) is 5.32 Å². The van der Waals surface area contributed by atoms with Gasteiger partial charge in [0.1, 0.15) is 24.4 Å². The molecule has 0 aromatic heterocycles. The van der Waals surface area contributed by atoms with Crippen LogP contribution < -0.4 is 11.1 Å². The molecular weight excluding hydrogens is 284 g/mol. The SMILES string of the molecule is NCCCC[C@H](NC[C@H](O)[C@@H](O)[C@H](O)[C@H](O)CO)C(=O)O. The van der Waals surface area contributed by atoms with Gasteiger partial charge in [-0.05, 0) is 19.4 Å². The summed E-state index contributed by atoms with van der Waals surface area (Å²) in [4.78, 5) is 11.0. The molecule has 0 bridgehead atoms. The maximum absolute atomic E-state index is 11.0. The molecule has 0 aliphatic carbocycles. The first-order valence-corrected chi connectivity index (χ1v) is 6.84. The average Bonchev–Trinajstić information content (AvgIpc) is 2.47. The Labute approximate surface area is 123 Å². The summed E-state index contributed by atoms with van der Waals surface area (Å²) in [6, 6.07) is -0.904. The smallest absolute Gasteiger partial charge is 0.320 e. The summed E-state index contributed by atoms with van der Waals surface area (Å²) in [5, 5.41) is 58.0. The molecule has 0 unspecified atom stereocenters. The van der Waals surface area contributed by atoms with Crippen LogP contribution in [0.1, 0.15) is 19.3 Å². The van der Waals surface area contributed by atoms with Crippen molar-refractivity contribution >= 4 is 5.97 Å². The van der Waals surface area contributed by atoms with E-state index in [9.17, 15) is 20.1 Å². The summed E-state index contributed by atoms with van der Waals surface area (Å²) < 4.78 is 0. The van der Waals surface area contributed by atoms with Crippen LogP contribution in [0, 0.1) is 0 Å². The van der Waals surface area contributed by atoms with Crippen LogP contribution in [-0.4, -0.2) is 86.8 Å². The molecule has 0 aliphatic heterocycles. The first-order valence-electron chi connectivity index (χ1n) is 6.84. The summed E-state index contributed by atoms with van der Waals surface area (Å²) >= 11 is 0. The Bertz CT molecular complexity index is 293. The van der Waals surface area contributed by atoms with E-state index in [1.807, 2.05) is 0 Å². The summed E-state index contributed by atoms with van der Waals surface area (Å²) in [5.74, 6) is -1.09. The molecule has 0 rings (SSSR count). The van der Waals surface area contributed by atoms with Gasteiger partial charge in [-0.25, -0.2) is 0 Å². The van der Waals surface area contributed by atoms with Gasteiger partial charge in [0.05, 0.1) is 12.7 Å². The zero-order chi connectivity index (χ0) is 16.4. The third kappa shape index (κ3) is 7.67. The van der Waals surface area contributed by atoms with Crippen LogP contribution in [0.25, 0.3) is 0 Å². The molecule has 21 heavy (non-hydrogen) atoms. The second kappa shape index (κ2) is 10.9. The van der Waals surface area contributed by atoms with Gasteiger partial charge in [0.15, 0.2) is 0 Å². The molecule has 9 nitrogen and oxygen atoms in total. The Morgan fingerprint density at radius 2 is 1.62 bits per heavy atom. The molecule has 9 N–H and O–H groups in total. The Morgan fingerprint density at radius 3 is 2.10 bits per heavy atom. The van der Waals surface area contributed by atoms with E-state index in [4.69, 9.17) is 21.1 Å². The van der Waals surface area contributed by atoms with Crippen molar-refractivity contribution in [3.8, 4) is 0 Å². The minimum Gasteiger partial charge on any atom is -0.480 e. The lowest BCUT2D eigenvalue weighted by Gasteiger charge is -2.26. The van der Waals surface area contributed by atoms with E-state index in [1.54, 1.807) is 0 Å². The third-order valence-electron chi connectivity index (χ3n) is 3.14. The van der Waals surface area contributed by atoms with Gasteiger partial charge in [-0.1, -0.05) is 6.42 Å². The quantitative estimate of drug-likeness (QED) is 0.171. The monoisotopic (exact) mass is 310 g/mol. The molecule has 5 atom stereocenters. The lowest BCUT2D eigenvalue weighted by Crippen LogP contribution is -2.51. The zero-order valence-corrected chi connectivity index (χ0v) is 11.8. The van der Waals surface area contributed by atoms with E-state index < -0.39 is 43.0 Å². The second-order valence-corrected chi connectivity index (χ2v) is 4.88. The molecule has 0 radical (unpaired) electrons. The molecule has 0 saturated heterocycles. The van der Waals surface area contributed by atoms with Crippen LogP contribution in [0.2, 0.25) is 0 Å². The van der Waals surface area contributed by atoms with Crippen molar-refractivity contribution in [3.05, 3.63) is 0 Å². The van der Waals surface area contributed by atoms with Gasteiger partial charge in [0, 0.05) is 6.54 Å². The predicted octanol–water partition coefficient (Wildman–Crippen LogP) is -3.41. The van der Waals surface area contributed by atoms with Gasteiger partial charge in [-0.3, -0.25) is 4.79 Å². The molecule has 0 spiro atoms. The minimum absolute atomic E-state index is 0.282. The van der Waals surface area contributed by atoms with E-state index in [0.717, 1.165) is 0 Å². The minimum atomic E-state index is -1.73. The van der Waals surface area contributed by atoms with Crippen LogP contribution in [-0.2, 0) is 4.79 Å².